The summed E-state index contributed by atoms with van der Waals surface area (Å²) in [6.45, 7) is 1.82. The molecule has 1 atom stereocenters. The Labute approximate surface area is 139 Å². The van der Waals surface area contributed by atoms with Crippen molar-refractivity contribution in [2.24, 2.45) is 0 Å². The number of nitrogens with zero attached hydrogens (tertiary/aromatic N) is 1. The predicted octanol–water partition coefficient (Wildman–Crippen LogP) is 0.379. The molecule has 3 heterocycles. The molecule has 2 N–H and O–H groups in total. The topological polar surface area (TPSA) is 89.4 Å². The molecule has 2 aliphatic heterocycles. The van der Waals surface area contributed by atoms with E-state index in [0.29, 0.717) is 12.2 Å². The molecule has 7 nitrogen and oxygen atoms in total. The van der Waals surface area contributed by atoms with Gasteiger partial charge < -0.3 is 14.6 Å². The van der Waals surface area contributed by atoms with E-state index in [1.165, 1.54) is 6.07 Å². The Bertz CT molecular complexity index is 640. The van der Waals surface area contributed by atoms with Gasteiger partial charge in [-0.3, -0.25) is 19.7 Å². The van der Waals surface area contributed by atoms with Crippen LogP contribution in [0.3, 0.4) is 0 Å². The largest absolute Gasteiger partial charge is 0.480 e. The number of aromatic nitrogens is 1. The van der Waals surface area contributed by atoms with Crippen molar-refractivity contribution in [3.8, 4) is 5.75 Å². The summed E-state index contributed by atoms with van der Waals surface area (Å²) in [5.41, 5.74) is -0.128. The molecular weight excluding hydrogens is 322 g/mol. The maximum Gasteiger partial charge on any atom is 0.267 e. The number of hydrogen-bond donors (Lipinski definition) is 2. The van der Waals surface area contributed by atoms with Gasteiger partial charge in [-0.1, -0.05) is 0 Å². The highest BCUT2D eigenvalue weighted by atomic mass is 35.5. The molecular formula is C15H20ClN3O4. The molecule has 0 bridgehead atoms. The third kappa shape index (κ3) is 4.11. The zero-order valence-corrected chi connectivity index (χ0v) is 13.4. The number of carbonyl (C=O) groups excluding carboxylic acids is 2. The highest BCUT2D eigenvalue weighted by Gasteiger charge is 2.28. The van der Waals surface area contributed by atoms with Crippen LogP contribution in [-0.4, -0.2) is 35.6 Å². The first-order chi connectivity index (χ1) is 10.6. The van der Waals surface area contributed by atoms with Gasteiger partial charge in [-0.05, 0) is 32.0 Å². The van der Waals surface area contributed by atoms with E-state index in [-0.39, 0.29) is 36.3 Å². The van der Waals surface area contributed by atoms with Gasteiger partial charge in [0.25, 0.3) is 11.5 Å². The number of pyridine rings is 1. The Hall–Kier alpha value is -1.86. The SMILES string of the molecule is Cl.O=C1CC[C@@H](Oc2ccn(C3CCNCC3)c(=O)c2)C(=O)N1. The van der Waals surface area contributed by atoms with Crippen molar-refractivity contribution in [2.45, 2.75) is 37.8 Å². The van der Waals surface area contributed by atoms with Crippen LogP contribution < -0.4 is 20.9 Å². The number of imide groups is 1. The highest BCUT2D eigenvalue weighted by Crippen LogP contribution is 2.19. The maximum absolute atomic E-state index is 12.2. The molecule has 0 unspecified atom stereocenters. The van der Waals surface area contributed by atoms with Crippen LogP contribution in [0, 0.1) is 0 Å². The maximum atomic E-state index is 12.2. The number of nitrogens with one attached hydrogen (secondary N) is 2. The van der Waals surface area contributed by atoms with E-state index in [2.05, 4.69) is 10.6 Å². The monoisotopic (exact) mass is 341 g/mol. The van der Waals surface area contributed by atoms with Crippen molar-refractivity contribution < 1.29 is 14.3 Å². The van der Waals surface area contributed by atoms with E-state index in [0.717, 1.165) is 25.9 Å². The molecule has 8 heteroatoms. The first kappa shape index (κ1) is 17.5. The van der Waals surface area contributed by atoms with Gasteiger partial charge in [0.15, 0.2) is 6.10 Å². The normalized spacial score (nSPS) is 22.2. The zero-order valence-electron chi connectivity index (χ0n) is 12.6. The van der Waals surface area contributed by atoms with Gasteiger partial charge in [-0.2, -0.15) is 0 Å². The van der Waals surface area contributed by atoms with Crippen LogP contribution in [0.2, 0.25) is 0 Å². The summed E-state index contributed by atoms with van der Waals surface area (Å²) in [5, 5.41) is 5.50. The van der Waals surface area contributed by atoms with E-state index >= 15 is 0 Å². The lowest BCUT2D eigenvalue weighted by Gasteiger charge is -2.25. The van der Waals surface area contributed by atoms with E-state index in [9.17, 15) is 14.4 Å². The molecule has 2 aliphatic rings. The zero-order chi connectivity index (χ0) is 15.5. The van der Waals surface area contributed by atoms with Crippen LogP contribution in [0.4, 0.5) is 0 Å². The number of hydrogen-bond acceptors (Lipinski definition) is 5. The van der Waals surface area contributed by atoms with E-state index in [1.54, 1.807) is 16.8 Å². The lowest BCUT2D eigenvalue weighted by atomic mass is 10.1. The van der Waals surface area contributed by atoms with Gasteiger partial charge in [0, 0.05) is 31.1 Å². The second kappa shape index (κ2) is 7.61. The van der Waals surface area contributed by atoms with Crippen LogP contribution in [-0.2, 0) is 9.59 Å². The van der Waals surface area contributed by atoms with Crippen LogP contribution in [0.1, 0.15) is 31.7 Å². The van der Waals surface area contributed by atoms with Crippen LogP contribution in [0.15, 0.2) is 23.1 Å². The number of halogens is 1. The summed E-state index contributed by atoms with van der Waals surface area (Å²) in [7, 11) is 0. The van der Waals surface area contributed by atoms with Gasteiger partial charge in [0.2, 0.25) is 5.91 Å². The van der Waals surface area contributed by atoms with Gasteiger partial charge in [0.1, 0.15) is 5.75 Å². The van der Waals surface area contributed by atoms with Crippen LogP contribution in [0.5, 0.6) is 5.75 Å². The van der Waals surface area contributed by atoms with Crippen molar-refractivity contribution >= 4 is 24.2 Å². The Morgan fingerprint density at radius 1 is 1.13 bits per heavy atom. The Kier molecular flexibility index (Phi) is 5.79. The summed E-state index contributed by atoms with van der Waals surface area (Å²) in [5.74, 6) is -0.366. The molecule has 0 aromatic carbocycles. The molecule has 0 radical (unpaired) electrons. The van der Waals surface area contributed by atoms with Crippen molar-refractivity contribution in [3.63, 3.8) is 0 Å². The molecule has 3 rings (SSSR count). The summed E-state index contributed by atoms with van der Waals surface area (Å²) < 4.78 is 7.27. The molecule has 2 fully saturated rings. The minimum atomic E-state index is -0.716. The molecule has 0 spiro atoms. The first-order valence-electron chi connectivity index (χ1n) is 7.57. The van der Waals surface area contributed by atoms with Gasteiger partial charge in [-0.15, -0.1) is 12.4 Å². The van der Waals surface area contributed by atoms with Crippen molar-refractivity contribution in [1.29, 1.82) is 0 Å². The number of amides is 2. The van der Waals surface area contributed by atoms with Crippen molar-refractivity contribution in [3.05, 3.63) is 28.7 Å². The summed E-state index contributed by atoms with van der Waals surface area (Å²) >= 11 is 0. The molecule has 126 valence electrons. The Morgan fingerprint density at radius 2 is 1.87 bits per heavy atom. The summed E-state index contributed by atoms with van der Waals surface area (Å²) in [4.78, 5) is 35.0. The van der Waals surface area contributed by atoms with Crippen LogP contribution in [0.25, 0.3) is 0 Å². The van der Waals surface area contributed by atoms with Gasteiger partial charge >= 0.3 is 0 Å². The lowest BCUT2D eigenvalue weighted by Crippen LogP contribution is -2.46. The number of rotatable bonds is 3. The average Bonchev–Trinajstić information content (AvgIpc) is 2.51. The fraction of sp³-hybridized carbons (Fsp3) is 0.533. The molecule has 2 saturated heterocycles. The Morgan fingerprint density at radius 3 is 2.52 bits per heavy atom. The fourth-order valence-corrected chi connectivity index (χ4v) is 2.88. The molecule has 1 aromatic heterocycles. The molecule has 23 heavy (non-hydrogen) atoms. The minimum Gasteiger partial charge on any atom is -0.480 e. The third-order valence-corrected chi connectivity index (χ3v) is 4.09. The highest BCUT2D eigenvalue weighted by molar-refractivity contribution is 5.99. The fourth-order valence-electron chi connectivity index (χ4n) is 2.88. The minimum absolute atomic E-state index is 0. The molecule has 1 aromatic rings. The van der Waals surface area contributed by atoms with E-state index in [1.807, 2.05) is 0 Å². The summed E-state index contributed by atoms with van der Waals surface area (Å²) in [6, 6.07) is 3.32. The number of carbonyl (C=O) groups is 2. The van der Waals surface area contributed by atoms with Crippen molar-refractivity contribution in [2.75, 3.05) is 13.1 Å². The molecule has 0 aliphatic carbocycles. The number of ether oxygens (including phenoxy) is 1. The van der Waals surface area contributed by atoms with Crippen molar-refractivity contribution in [1.82, 2.24) is 15.2 Å². The molecule has 2 amide bonds. The second-order valence-corrected chi connectivity index (χ2v) is 5.65. The standard InChI is InChI=1S/C15H19N3O4.ClH/c19-13-2-1-12(15(21)17-13)22-11-5-8-18(14(20)9-11)10-3-6-16-7-4-10;/h5,8-10,12,16H,1-4,6-7H2,(H,17,19,21);1H/t12-;/m1./s1. The average molecular weight is 342 g/mol. The summed E-state index contributed by atoms with van der Waals surface area (Å²) in [6.07, 6.45) is 3.44. The quantitative estimate of drug-likeness (QED) is 0.776. The van der Waals surface area contributed by atoms with Crippen LogP contribution >= 0.6 is 12.4 Å². The third-order valence-electron chi connectivity index (χ3n) is 4.09. The molecule has 0 saturated carbocycles. The first-order valence-corrected chi connectivity index (χ1v) is 7.57. The predicted molar refractivity (Wildman–Crippen MR) is 85.9 cm³/mol. The smallest absolute Gasteiger partial charge is 0.267 e. The van der Waals surface area contributed by atoms with E-state index in [4.69, 9.17) is 4.74 Å². The van der Waals surface area contributed by atoms with Gasteiger partial charge in [-0.25, -0.2) is 0 Å². The van der Waals surface area contributed by atoms with Gasteiger partial charge in [0.05, 0.1) is 0 Å². The second-order valence-electron chi connectivity index (χ2n) is 5.65. The van der Waals surface area contributed by atoms with E-state index < -0.39 is 12.0 Å². The lowest BCUT2D eigenvalue weighted by molar-refractivity contribution is -0.138. The number of piperidine rings is 2. The Balaban J connectivity index is 0.00000192.